The van der Waals surface area contributed by atoms with E-state index >= 15 is 0 Å². The predicted octanol–water partition coefficient (Wildman–Crippen LogP) is 2.90. The fraction of sp³-hybridized carbons (Fsp3) is 0.588. The summed E-state index contributed by atoms with van der Waals surface area (Å²) in [7, 11) is 0. The maximum atomic E-state index is 12.8. The average molecular weight is 304 g/mol. The molecule has 1 aromatic carbocycles. The molecule has 0 radical (unpaired) electrons. The van der Waals surface area contributed by atoms with Gasteiger partial charge >= 0.3 is 0 Å². The molecule has 3 rings (SSSR count). The molecule has 1 aliphatic carbocycles. The monoisotopic (exact) mass is 304 g/mol. The van der Waals surface area contributed by atoms with Gasteiger partial charge in [-0.25, -0.2) is 0 Å². The van der Waals surface area contributed by atoms with Crippen LogP contribution in [0.5, 0.6) is 0 Å². The van der Waals surface area contributed by atoms with E-state index in [-0.39, 0.29) is 17.4 Å². The number of nitrogens with two attached hydrogens (primary N) is 1. The van der Waals surface area contributed by atoms with Crippen molar-refractivity contribution in [3.63, 3.8) is 0 Å². The van der Waals surface area contributed by atoms with E-state index < -0.39 is 0 Å². The van der Waals surface area contributed by atoms with Crippen LogP contribution in [0.3, 0.4) is 0 Å². The normalized spacial score (nSPS) is 31.7. The number of fused-ring (bicyclic) bond motifs is 1. The van der Waals surface area contributed by atoms with Gasteiger partial charge in [-0.3, -0.25) is 4.79 Å². The molecule has 1 aliphatic heterocycles. The Labute approximate surface area is 131 Å². The highest BCUT2D eigenvalue weighted by Crippen LogP contribution is 2.40. The second-order valence-corrected chi connectivity index (χ2v) is 7.46. The zero-order valence-electron chi connectivity index (χ0n) is 12.6. The lowest BCUT2D eigenvalue weighted by molar-refractivity contribution is -0.125. The molecule has 21 heavy (non-hydrogen) atoms. The third-order valence-electron chi connectivity index (χ3n) is 5.21. The van der Waals surface area contributed by atoms with Gasteiger partial charge in [-0.1, -0.05) is 38.0 Å². The SMILES string of the molecule is CC1CCCCC1(CN)NC(=O)C1CSc2ccccc21. The van der Waals surface area contributed by atoms with Crippen LogP contribution >= 0.6 is 11.8 Å². The molecular formula is C17H24N2OS. The number of amides is 1. The van der Waals surface area contributed by atoms with Gasteiger partial charge in [0.25, 0.3) is 0 Å². The summed E-state index contributed by atoms with van der Waals surface area (Å²) in [6, 6.07) is 8.25. The van der Waals surface area contributed by atoms with Gasteiger partial charge in [-0.15, -0.1) is 11.8 Å². The first-order chi connectivity index (χ1) is 10.2. The first-order valence-electron chi connectivity index (χ1n) is 7.90. The van der Waals surface area contributed by atoms with E-state index in [1.807, 2.05) is 12.1 Å². The fourth-order valence-corrected chi connectivity index (χ4v) is 4.89. The number of hydrogen-bond acceptors (Lipinski definition) is 3. The standard InChI is InChI=1S/C17H24N2OS/c1-12-6-4-5-9-17(12,11-18)19-16(20)14-10-21-15-8-3-2-7-13(14)15/h2-3,7-8,12,14H,4-6,9-11,18H2,1H3,(H,19,20). The van der Waals surface area contributed by atoms with Crippen molar-refractivity contribution in [2.75, 3.05) is 12.3 Å². The Morgan fingerprint density at radius 2 is 2.24 bits per heavy atom. The van der Waals surface area contributed by atoms with E-state index in [9.17, 15) is 4.79 Å². The number of nitrogens with one attached hydrogen (secondary N) is 1. The summed E-state index contributed by atoms with van der Waals surface area (Å²) in [5, 5.41) is 3.34. The Hall–Kier alpha value is -1.00. The summed E-state index contributed by atoms with van der Waals surface area (Å²) in [4.78, 5) is 14.1. The van der Waals surface area contributed by atoms with Crippen molar-refractivity contribution in [1.29, 1.82) is 0 Å². The van der Waals surface area contributed by atoms with E-state index in [0.717, 1.165) is 25.0 Å². The Bertz CT molecular complexity index is 533. The predicted molar refractivity (Wildman–Crippen MR) is 87.5 cm³/mol. The lowest BCUT2D eigenvalue weighted by atomic mass is 9.73. The number of thioether (sulfide) groups is 1. The molecule has 4 heteroatoms. The first kappa shape index (κ1) is 14.9. The van der Waals surface area contributed by atoms with Crippen LogP contribution in [0.15, 0.2) is 29.2 Å². The molecule has 1 amide bonds. The van der Waals surface area contributed by atoms with E-state index in [4.69, 9.17) is 5.73 Å². The Morgan fingerprint density at radius 1 is 1.43 bits per heavy atom. The topological polar surface area (TPSA) is 55.1 Å². The minimum atomic E-state index is -0.197. The van der Waals surface area contributed by atoms with Crippen molar-refractivity contribution in [3.8, 4) is 0 Å². The van der Waals surface area contributed by atoms with Crippen molar-refractivity contribution in [2.45, 2.75) is 49.0 Å². The van der Waals surface area contributed by atoms with E-state index in [0.29, 0.717) is 12.5 Å². The van der Waals surface area contributed by atoms with E-state index in [1.54, 1.807) is 11.8 Å². The van der Waals surface area contributed by atoms with Gasteiger partial charge in [-0.05, 0) is 30.4 Å². The summed E-state index contributed by atoms with van der Waals surface area (Å²) in [5.41, 5.74) is 7.03. The molecule has 2 aliphatic rings. The maximum absolute atomic E-state index is 12.8. The van der Waals surface area contributed by atoms with Crippen molar-refractivity contribution >= 4 is 17.7 Å². The summed E-state index contributed by atoms with van der Waals surface area (Å²) in [6.45, 7) is 2.77. The number of benzene rings is 1. The third kappa shape index (κ3) is 2.71. The summed E-state index contributed by atoms with van der Waals surface area (Å²) in [5.74, 6) is 1.44. The van der Waals surface area contributed by atoms with Crippen LogP contribution in [0.2, 0.25) is 0 Å². The highest BCUT2D eigenvalue weighted by molar-refractivity contribution is 7.99. The highest BCUT2D eigenvalue weighted by atomic mass is 32.2. The van der Waals surface area contributed by atoms with Crippen LogP contribution in [0.25, 0.3) is 0 Å². The van der Waals surface area contributed by atoms with Crippen LogP contribution in [0, 0.1) is 5.92 Å². The maximum Gasteiger partial charge on any atom is 0.228 e. The minimum Gasteiger partial charge on any atom is -0.349 e. The van der Waals surface area contributed by atoms with Crippen molar-refractivity contribution in [1.82, 2.24) is 5.32 Å². The van der Waals surface area contributed by atoms with Crippen LogP contribution < -0.4 is 11.1 Å². The van der Waals surface area contributed by atoms with Crippen LogP contribution in [-0.2, 0) is 4.79 Å². The van der Waals surface area contributed by atoms with Gasteiger partial charge in [0, 0.05) is 17.2 Å². The molecular weight excluding hydrogens is 280 g/mol. The summed E-state index contributed by atoms with van der Waals surface area (Å²) >= 11 is 1.78. The zero-order valence-corrected chi connectivity index (χ0v) is 13.4. The average Bonchev–Trinajstić information content (AvgIpc) is 2.94. The lowest BCUT2D eigenvalue weighted by Crippen LogP contribution is -2.60. The van der Waals surface area contributed by atoms with Crippen molar-refractivity contribution in [2.24, 2.45) is 11.7 Å². The van der Waals surface area contributed by atoms with Gasteiger partial charge in [0.2, 0.25) is 5.91 Å². The van der Waals surface area contributed by atoms with Gasteiger partial charge in [0.15, 0.2) is 0 Å². The highest BCUT2D eigenvalue weighted by Gasteiger charge is 2.40. The molecule has 1 heterocycles. The van der Waals surface area contributed by atoms with Gasteiger partial charge in [-0.2, -0.15) is 0 Å². The molecule has 114 valence electrons. The number of rotatable bonds is 3. The molecule has 0 bridgehead atoms. The minimum absolute atomic E-state index is 0.0243. The van der Waals surface area contributed by atoms with Gasteiger partial charge < -0.3 is 11.1 Å². The zero-order chi connectivity index (χ0) is 14.9. The molecule has 3 unspecified atom stereocenters. The summed E-state index contributed by atoms with van der Waals surface area (Å²) < 4.78 is 0. The smallest absolute Gasteiger partial charge is 0.228 e. The molecule has 3 N–H and O–H groups in total. The largest absolute Gasteiger partial charge is 0.349 e. The fourth-order valence-electron chi connectivity index (χ4n) is 3.67. The Kier molecular flexibility index (Phi) is 4.27. The van der Waals surface area contributed by atoms with Crippen LogP contribution in [0.1, 0.15) is 44.1 Å². The molecule has 3 nitrogen and oxygen atoms in total. The summed E-state index contributed by atoms with van der Waals surface area (Å²) in [6.07, 6.45) is 4.59. The van der Waals surface area contributed by atoms with Crippen LogP contribution in [-0.4, -0.2) is 23.7 Å². The Balaban J connectivity index is 1.77. The van der Waals surface area contributed by atoms with Gasteiger partial charge in [0.1, 0.15) is 0 Å². The second kappa shape index (κ2) is 6.01. The van der Waals surface area contributed by atoms with Crippen LogP contribution in [0.4, 0.5) is 0 Å². The molecule has 0 spiro atoms. The van der Waals surface area contributed by atoms with Gasteiger partial charge in [0.05, 0.1) is 11.5 Å². The number of carbonyl (C=O) groups is 1. The molecule has 0 aromatic heterocycles. The molecule has 3 atom stereocenters. The van der Waals surface area contributed by atoms with E-state index in [1.165, 1.54) is 16.9 Å². The van der Waals surface area contributed by atoms with Crippen molar-refractivity contribution in [3.05, 3.63) is 29.8 Å². The molecule has 0 saturated heterocycles. The van der Waals surface area contributed by atoms with Crippen molar-refractivity contribution < 1.29 is 4.79 Å². The Morgan fingerprint density at radius 3 is 3.00 bits per heavy atom. The lowest BCUT2D eigenvalue weighted by Gasteiger charge is -2.43. The number of hydrogen-bond donors (Lipinski definition) is 2. The molecule has 1 saturated carbocycles. The first-order valence-corrected chi connectivity index (χ1v) is 8.89. The quantitative estimate of drug-likeness (QED) is 0.903. The second-order valence-electron chi connectivity index (χ2n) is 6.40. The third-order valence-corrected chi connectivity index (χ3v) is 6.39. The molecule has 1 aromatic rings. The number of carbonyl (C=O) groups excluding carboxylic acids is 1. The molecule has 1 fully saturated rings. The van der Waals surface area contributed by atoms with E-state index in [2.05, 4.69) is 24.4 Å².